The molecule has 1 aromatic heterocycles. The van der Waals surface area contributed by atoms with E-state index in [1.54, 1.807) is 0 Å². The van der Waals surface area contributed by atoms with E-state index < -0.39 is 0 Å². The second-order valence-electron chi connectivity index (χ2n) is 3.68. The second-order valence-corrected chi connectivity index (χ2v) is 4.47. The molecule has 0 bridgehead atoms. The summed E-state index contributed by atoms with van der Waals surface area (Å²) < 4.78 is 2.10. The quantitative estimate of drug-likeness (QED) is 0.597. The summed E-state index contributed by atoms with van der Waals surface area (Å²) >= 11 is 3.45. The number of alkyl halides is 1. The number of halogens is 1. The number of unbranched alkanes of at least 4 members (excludes halogenated alkanes) is 2. The highest BCUT2D eigenvalue weighted by Gasteiger charge is 2.00. The molecule has 0 atom stereocenters. The van der Waals surface area contributed by atoms with Crippen LogP contribution < -0.4 is 0 Å². The number of aryl methyl sites for hydroxylation is 1. The molecule has 0 radical (unpaired) electrons. The third kappa shape index (κ3) is 2.59. The number of hydrogen-bond donors (Lipinski definition) is 0. The van der Waals surface area contributed by atoms with Crippen LogP contribution >= 0.6 is 15.9 Å². The first-order chi connectivity index (χ1) is 7.42. The fourth-order valence-electron chi connectivity index (χ4n) is 1.74. The Bertz CT molecular complexity index is 422. The van der Waals surface area contributed by atoms with E-state index in [0.717, 1.165) is 11.9 Å². The van der Waals surface area contributed by atoms with E-state index in [1.807, 2.05) is 6.20 Å². The third-order valence-electron chi connectivity index (χ3n) is 2.55. The fraction of sp³-hybridized carbons (Fsp3) is 0.417. The number of nitrogens with zero attached hydrogens (tertiary/aromatic N) is 2. The molecule has 0 aliphatic heterocycles. The standard InChI is InChI=1S/C12H15BrN2/c13-8-4-1-5-9-15-12-7-3-2-6-11(12)10-14-15/h2-3,6-7,10H,1,4-5,8-9H2. The Hall–Kier alpha value is -0.830. The SMILES string of the molecule is BrCCCCCn1ncc2ccccc21. The molecule has 0 amide bonds. The average Bonchev–Trinajstić information content (AvgIpc) is 2.68. The lowest BCUT2D eigenvalue weighted by molar-refractivity contribution is 0.569. The Kier molecular flexibility index (Phi) is 3.78. The maximum absolute atomic E-state index is 4.40. The zero-order valence-corrected chi connectivity index (χ0v) is 10.3. The highest BCUT2D eigenvalue weighted by Crippen LogP contribution is 2.13. The first kappa shape index (κ1) is 10.7. The van der Waals surface area contributed by atoms with Gasteiger partial charge in [0.2, 0.25) is 0 Å². The lowest BCUT2D eigenvalue weighted by Crippen LogP contribution is -1.99. The van der Waals surface area contributed by atoms with E-state index in [0.29, 0.717) is 0 Å². The summed E-state index contributed by atoms with van der Waals surface area (Å²) in [5.41, 5.74) is 1.25. The van der Waals surface area contributed by atoms with Gasteiger partial charge < -0.3 is 0 Å². The van der Waals surface area contributed by atoms with Crippen LogP contribution in [0.4, 0.5) is 0 Å². The summed E-state index contributed by atoms with van der Waals surface area (Å²) in [6.07, 6.45) is 5.66. The minimum absolute atomic E-state index is 1.03. The van der Waals surface area contributed by atoms with Crippen LogP contribution in [0.3, 0.4) is 0 Å². The van der Waals surface area contributed by atoms with E-state index in [2.05, 4.69) is 50.0 Å². The maximum Gasteiger partial charge on any atom is 0.0682 e. The molecule has 2 nitrogen and oxygen atoms in total. The molecule has 15 heavy (non-hydrogen) atoms. The summed E-state index contributed by atoms with van der Waals surface area (Å²) in [5, 5.41) is 6.74. The maximum atomic E-state index is 4.40. The Labute approximate surface area is 98.4 Å². The number of fused-ring (bicyclic) bond motifs is 1. The van der Waals surface area contributed by atoms with E-state index >= 15 is 0 Å². The minimum atomic E-state index is 1.03. The van der Waals surface area contributed by atoms with Crippen LogP contribution in [0.2, 0.25) is 0 Å². The van der Waals surface area contributed by atoms with Gasteiger partial charge in [0.05, 0.1) is 11.7 Å². The molecule has 80 valence electrons. The topological polar surface area (TPSA) is 17.8 Å². The largest absolute Gasteiger partial charge is 0.265 e. The van der Waals surface area contributed by atoms with Crippen LogP contribution in [0.25, 0.3) is 10.9 Å². The van der Waals surface area contributed by atoms with Crippen LogP contribution in [0.5, 0.6) is 0 Å². The summed E-state index contributed by atoms with van der Waals surface area (Å²) in [6.45, 7) is 1.03. The molecule has 0 N–H and O–H groups in total. The van der Waals surface area contributed by atoms with Crippen molar-refractivity contribution in [3.8, 4) is 0 Å². The molecule has 0 unspecified atom stereocenters. The van der Waals surface area contributed by atoms with Gasteiger partial charge >= 0.3 is 0 Å². The Balaban J connectivity index is 2.02. The summed E-state index contributed by atoms with van der Waals surface area (Å²) in [4.78, 5) is 0. The molecule has 0 saturated heterocycles. The van der Waals surface area contributed by atoms with E-state index in [1.165, 1.54) is 30.2 Å². The van der Waals surface area contributed by atoms with Gasteiger partial charge in [-0.25, -0.2) is 0 Å². The van der Waals surface area contributed by atoms with Gasteiger partial charge in [0, 0.05) is 17.3 Å². The molecule has 0 fully saturated rings. The molecular formula is C12H15BrN2. The van der Waals surface area contributed by atoms with Crippen molar-refractivity contribution in [2.45, 2.75) is 25.8 Å². The number of rotatable bonds is 5. The lowest BCUT2D eigenvalue weighted by Gasteiger charge is -2.02. The monoisotopic (exact) mass is 266 g/mol. The van der Waals surface area contributed by atoms with E-state index in [4.69, 9.17) is 0 Å². The van der Waals surface area contributed by atoms with E-state index in [-0.39, 0.29) is 0 Å². The summed E-state index contributed by atoms with van der Waals surface area (Å²) in [6, 6.07) is 8.36. The summed E-state index contributed by atoms with van der Waals surface area (Å²) in [5.74, 6) is 0. The average molecular weight is 267 g/mol. The van der Waals surface area contributed by atoms with Crippen LogP contribution in [0, 0.1) is 0 Å². The van der Waals surface area contributed by atoms with Crippen LogP contribution in [-0.2, 0) is 6.54 Å². The molecule has 2 aromatic rings. The van der Waals surface area contributed by atoms with Gasteiger partial charge in [-0.15, -0.1) is 0 Å². The van der Waals surface area contributed by atoms with Crippen molar-refractivity contribution in [2.24, 2.45) is 0 Å². The van der Waals surface area contributed by atoms with Crippen molar-refractivity contribution in [1.82, 2.24) is 9.78 Å². The Morgan fingerprint density at radius 2 is 2.00 bits per heavy atom. The van der Waals surface area contributed by atoms with E-state index in [9.17, 15) is 0 Å². The van der Waals surface area contributed by atoms with Crippen molar-refractivity contribution in [1.29, 1.82) is 0 Å². The first-order valence-corrected chi connectivity index (χ1v) is 6.50. The number of aromatic nitrogens is 2. The zero-order chi connectivity index (χ0) is 10.5. The second kappa shape index (κ2) is 5.31. The van der Waals surface area contributed by atoms with Crippen molar-refractivity contribution in [3.63, 3.8) is 0 Å². The zero-order valence-electron chi connectivity index (χ0n) is 8.69. The molecule has 0 spiro atoms. The van der Waals surface area contributed by atoms with Gasteiger partial charge in [0.25, 0.3) is 0 Å². The molecule has 3 heteroatoms. The highest BCUT2D eigenvalue weighted by molar-refractivity contribution is 9.09. The first-order valence-electron chi connectivity index (χ1n) is 5.38. The van der Waals surface area contributed by atoms with Gasteiger partial charge in [-0.1, -0.05) is 40.5 Å². The van der Waals surface area contributed by atoms with Crippen LogP contribution in [0.1, 0.15) is 19.3 Å². The van der Waals surface area contributed by atoms with Gasteiger partial charge in [-0.2, -0.15) is 5.10 Å². The highest BCUT2D eigenvalue weighted by atomic mass is 79.9. The number of benzene rings is 1. The fourth-order valence-corrected chi connectivity index (χ4v) is 2.13. The van der Waals surface area contributed by atoms with Gasteiger partial charge in [-0.05, 0) is 18.9 Å². The number of hydrogen-bond acceptors (Lipinski definition) is 1. The van der Waals surface area contributed by atoms with Crippen molar-refractivity contribution >= 4 is 26.8 Å². The minimum Gasteiger partial charge on any atom is -0.265 e. The molecular weight excluding hydrogens is 252 g/mol. The van der Waals surface area contributed by atoms with Crippen LogP contribution in [-0.4, -0.2) is 15.1 Å². The Morgan fingerprint density at radius 1 is 1.13 bits per heavy atom. The molecule has 0 saturated carbocycles. The predicted octanol–water partition coefficient (Wildman–Crippen LogP) is 3.60. The Morgan fingerprint density at radius 3 is 2.87 bits per heavy atom. The predicted molar refractivity (Wildman–Crippen MR) is 67.4 cm³/mol. The molecule has 0 aliphatic rings. The molecule has 0 aliphatic carbocycles. The number of para-hydroxylation sites is 1. The van der Waals surface area contributed by atoms with Crippen molar-refractivity contribution < 1.29 is 0 Å². The normalized spacial score (nSPS) is 11.0. The van der Waals surface area contributed by atoms with Gasteiger partial charge in [0.15, 0.2) is 0 Å². The lowest BCUT2D eigenvalue weighted by atomic mass is 10.2. The molecule has 2 rings (SSSR count). The van der Waals surface area contributed by atoms with Crippen molar-refractivity contribution in [3.05, 3.63) is 30.5 Å². The summed E-state index contributed by atoms with van der Waals surface area (Å²) in [7, 11) is 0. The van der Waals surface area contributed by atoms with Crippen molar-refractivity contribution in [2.75, 3.05) is 5.33 Å². The smallest absolute Gasteiger partial charge is 0.0682 e. The van der Waals surface area contributed by atoms with Gasteiger partial charge in [-0.3, -0.25) is 4.68 Å². The molecule has 1 heterocycles. The molecule has 1 aromatic carbocycles. The van der Waals surface area contributed by atoms with Gasteiger partial charge in [0.1, 0.15) is 0 Å². The van der Waals surface area contributed by atoms with Crippen LogP contribution in [0.15, 0.2) is 30.5 Å². The third-order valence-corrected chi connectivity index (χ3v) is 3.12.